The van der Waals surface area contributed by atoms with E-state index in [2.05, 4.69) is 10.3 Å². The molecule has 2 aromatic carbocycles. The lowest BCUT2D eigenvalue weighted by Crippen LogP contribution is -2.08. The first-order valence-corrected chi connectivity index (χ1v) is 7.28. The third-order valence-electron chi connectivity index (χ3n) is 3.72. The van der Waals surface area contributed by atoms with Crippen LogP contribution in [0.2, 0.25) is 0 Å². The summed E-state index contributed by atoms with van der Waals surface area (Å²) in [4.78, 5) is 15.5. The zero-order valence-corrected chi connectivity index (χ0v) is 12.8. The van der Waals surface area contributed by atoms with E-state index >= 15 is 0 Å². The van der Waals surface area contributed by atoms with Crippen LogP contribution in [0.4, 0.5) is 20.2 Å². The van der Waals surface area contributed by atoms with Gasteiger partial charge in [0.05, 0.1) is 23.3 Å². The van der Waals surface area contributed by atoms with Gasteiger partial charge in [0.2, 0.25) is 0 Å². The second-order valence-corrected chi connectivity index (χ2v) is 5.39. The predicted molar refractivity (Wildman–Crippen MR) is 87.5 cm³/mol. The molecular weight excluding hydrogens is 314 g/mol. The minimum atomic E-state index is -1.05. The molecule has 0 spiro atoms. The van der Waals surface area contributed by atoms with Gasteiger partial charge in [-0.15, -0.1) is 0 Å². The van der Waals surface area contributed by atoms with E-state index in [0.717, 1.165) is 0 Å². The third-order valence-corrected chi connectivity index (χ3v) is 3.72. The lowest BCUT2D eigenvalue weighted by atomic mass is 10.0. The van der Waals surface area contributed by atoms with Gasteiger partial charge in [0.1, 0.15) is 11.6 Å². The number of hydrogen-bond donors (Lipinski definition) is 2. The summed E-state index contributed by atoms with van der Waals surface area (Å²) in [5, 5.41) is 12.5. The van der Waals surface area contributed by atoms with E-state index in [1.54, 1.807) is 19.1 Å². The van der Waals surface area contributed by atoms with Crippen LogP contribution in [0.15, 0.2) is 42.5 Å². The molecule has 3 rings (SSSR count). The number of aryl methyl sites for hydroxylation is 1. The summed E-state index contributed by atoms with van der Waals surface area (Å²) >= 11 is 0. The number of aliphatic carboxylic acids is 1. The maximum atomic E-state index is 14.0. The van der Waals surface area contributed by atoms with Crippen molar-refractivity contribution in [3.8, 4) is 0 Å². The van der Waals surface area contributed by atoms with Gasteiger partial charge >= 0.3 is 5.97 Å². The molecular formula is C18H14F2N2O2. The predicted octanol–water partition coefficient (Wildman–Crippen LogP) is 4.19. The highest BCUT2D eigenvalue weighted by molar-refractivity contribution is 5.96. The first-order chi connectivity index (χ1) is 11.5. The van der Waals surface area contributed by atoms with Gasteiger partial charge in [-0.25, -0.2) is 8.78 Å². The topological polar surface area (TPSA) is 62.2 Å². The Kier molecular flexibility index (Phi) is 4.12. The SMILES string of the molecule is Cc1nc2ccc(F)cc2c(Nc2ccccc2F)c1CC(=O)O. The van der Waals surface area contributed by atoms with Crippen LogP contribution in [0.1, 0.15) is 11.3 Å². The van der Waals surface area contributed by atoms with E-state index < -0.39 is 17.6 Å². The van der Waals surface area contributed by atoms with Gasteiger partial charge in [-0.3, -0.25) is 9.78 Å². The quantitative estimate of drug-likeness (QED) is 0.754. The van der Waals surface area contributed by atoms with Crippen LogP contribution in [0.3, 0.4) is 0 Å². The van der Waals surface area contributed by atoms with Crippen molar-refractivity contribution < 1.29 is 18.7 Å². The number of pyridine rings is 1. The average Bonchev–Trinajstić information content (AvgIpc) is 2.53. The molecule has 0 aliphatic carbocycles. The first-order valence-electron chi connectivity index (χ1n) is 7.28. The van der Waals surface area contributed by atoms with Crippen molar-refractivity contribution in [1.82, 2.24) is 4.98 Å². The average molecular weight is 328 g/mol. The summed E-state index contributed by atoms with van der Waals surface area (Å²) in [6.07, 6.45) is -0.303. The molecule has 3 aromatic rings. The fourth-order valence-corrected chi connectivity index (χ4v) is 2.61. The summed E-state index contributed by atoms with van der Waals surface area (Å²) in [5.41, 5.74) is 1.92. The molecule has 6 heteroatoms. The van der Waals surface area contributed by atoms with Crippen molar-refractivity contribution in [2.45, 2.75) is 13.3 Å². The molecule has 1 aromatic heterocycles. The van der Waals surface area contributed by atoms with Crippen LogP contribution in [-0.4, -0.2) is 16.1 Å². The molecule has 0 radical (unpaired) electrons. The fourth-order valence-electron chi connectivity index (χ4n) is 2.61. The van der Waals surface area contributed by atoms with E-state index in [9.17, 15) is 13.6 Å². The number of halogens is 2. The van der Waals surface area contributed by atoms with E-state index in [1.807, 2.05) is 0 Å². The normalized spacial score (nSPS) is 10.8. The highest BCUT2D eigenvalue weighted by Gasteiger charge is 2.17. The Hall–Kier alpha value is -3.02. The number of carboxylic acids is 1. The lowest BCUT2D eigenvalue weighted by molar-refractivity contribution is -0.136. The van der Waals surface area contributed by atoms with Gasteiger partial charge in [0.25, 0.3) is 0 Å². The van der Waals surface area contributed by atoms with Crippen molar-refractivity contribution >= 4 is 28.2 Å². The van der Waals surface area contributed by atoms with E-state index in [-0.39, 0.29) is 12.1 Å². The Morgan fingerprint density at radius 1 is 1.21 bits per heavy atom. The zero-order valence-electron chi connectivity index (χ0n) is 12.8. The van der Waals surface area contributed by atoms with Crippen molar-refractivity contribution in [3.63, 3.8) is 0 Å². The largest absolute Gasteiger partial charge is 0.481 e. The first kappa shape index (κ1) is 15.9. The molecule has 0 saturated heterocycles. The van der Waals surface area contributed by atoms with Crippen LogP contribution in [-0.2, 0) is 11.2 Å². The van der Waals surface area contributed by atoms with Gasteiger partial charge in [0.15, 0.2) is 0 Å². The molecule has 0 aliphatic rings. The Morgan fingerprint density at radius 3 is 2.67 bits per heavy atom. The summed E-state index contributed by atoms with van der Waals surface area (Å²) in [7, 11) is 0. The van der Waals surface area contributed by atoms with E-state index in [0.29, 0.717) is 27.8 Å². The number of carbonyl (C=O) groups is 1. The van der Waals surface area contributed by atoms with Gasteiger partial charge < -0.3 is 10.4 Å². The van der Waals surface area contributed by atoms with Gasteiger partial charge in [-0.1, -0.05) is 12.1 Å². The second kappa shape index (κ2) is 6.23. The number of aromatic nitrogens is 1. The Morgan fingerprint density at radius 2 is 1.96 bits per heavy atom. The van der Waals surface area contributed by atoms with Crippen molar-refractivity contribution in [3.05, 3.63) is 65.4 Å². The standard InChI is InChI=1S/C18H14F2N2O2/c1-10-12(9-17(23)24)18(22-16-5-3-2-4-14(16)20)13-8-11(19)6-7-15(13)21-10/h2-8H,9H2,1H3,(H,21,22)(H,23,24). The number of anilines is 2. The molecule has 2 N–H and O–H groups in total. The van der Waals surface area contributed by atoms with Crippen LogP contribution >= 0.6 is 0 Å². The van der Waals surface area contributed by atoms with Crippen molar-refractivity contribution in [2.24, 2.45) is 0 Å². The molecule has 24 heavy (non-hydrogen) atoms. The number of carboxylic acid groups (broad SMARTS) is 1. The maximum absolute atomic E-state index is 14.0. The molecule has 0 amide bonds. The maximum Gasteiger partial charge on any atom is 0.307 e. The zero-order chi connectivity index (χ0) is 17.3. The minimum absolute atomic E-state index is 0.181. The number of hydrogen-bond acceptors (Lipinski definition) is 3. The number of nitrogens with zero attached hydrogens (tertiary/aromatic N) is 1. The second-order valence-electron chi connectivity index (χ2n) is 5.39. The van der Waals surface area contributed by atoms with Gasteiger partial charge in [0, 0.05) is 16.6 Å². The summed E-state index contributed by atoms with van der Waals surface area (Å²) in [6, 6.07) is 10.1. The molecule has 0 aliphatic heterocycles. The molecule has 122 valence electrons. The third kappa shape index (κ3) is 3.03. The molecule has 0 unspecified atom stereocenters. The van der Waals surface area contributed by atoms with E-state index in [4.69, 9.17) is 5.11 Å². The van der Waals surface area contributed by atoms with Crippen LogP contribution in [0, 0.1) is 18.6 Å². The minimum Gasteiger partial charge on any atom is -0.481 e. The Bertz CT molecular complexity index is 942. The van der Waals surface area contributed by atoms with Gasteiger partial charge in [-0.2, -0.15) is 0 Å². The van der Waals surface area contributed by atoms with Crippen molar-refractivity contribution in [1.29, 1.82) is 0 Å². The molecule has 0 saturated carbocycles. The van der Waals surface area contributed by atoms with E-state index in [1.165, 1.54) is 30.3 Å². The lowest BCUT2D eigenvalue weighted by Gasteiger charge is -2.16. The fraction of sp³-hybridized carbons (Fsp3) is 0.111. The Labute approximate surface area is 136 Å². The number of rotatable bonds is 4. The summed E-state index contributed by atoms with van der Waals surface area (Å²) in [5.74, 6) is -2.02. The number of benzene rings is 2. The highest BCUT2D eigenvalue weighted by Crippen LogP contribution is 2.32. The number of nitrogens with one attached hydrogen (secondary N) is 1. The number of fused-ring (bicyclic) bond motifs is 1. The Balaban J connectivity index is 2.26. The molecule has 4 nitrogen and oxygen atoms in total. The molecule has 0 fully saturated rings. The van der Waals surface area contributed by atoms with Crippen LogP contribution in [0.25, 0.3) is 10.9 Å². The summed E-state index contributed by atoms with van der Waals surface area (Å²) in [6.45, 7) is 1.67. The monoisotopic (exact) mass is 328 g/mol. The highest BCUT2D eigenvalue weighted by atomic mass is 19.1. The summed E-state index contributed by atoms with van der Waals surface area (Å²) < 4.78 is 27.7. The molecule has 1 heterocycles. The smallest absolute Gasteiger partial charge is 0.307 e. The van der Waals surface area contributed by atoms with Crippen LogP contribution in [0.5, 0.6) is 0 Å². The number of para-hydroxylation sites is 1. The van der Waals surface area contributed by atoms with Crippen molar-refractivity contribution in [2.75, 3.05) is 5.32 Å². The molecule has 0 atom stereocenters. The molecule has 0 bridgehead atoms. The van der Waals surface area contributed by atoms with Gasteiger partial charge in [-0.05, 0) is 37.3 Å². The van der Waals surface area contributed by atoms with Crippen LogP contribution < -0.4 is 5.32 Å².